The molecule has 2 saturated heterocycles. The van der Waals surface area contributed by atoms with E-state index in [1.54, 1.807) is 0 Å². The number of nitrogens with zero attached hydrogens (tertiary/aromatic N) is 3. The van der Waals surface area contributed by atoms with E-state index >= 15 is 8.78 Å². The molecule has 14 heteroatoms. The molecule has 0 radical (unpaired) electrons. The second-order valence-electron chi connectivity index (χ2n) is 8.83. The van der Waals surface area contributed by atoms with E-state index in [-0.39, 0.29) is 75.2 Å². The first-order valence-electron chi connectivity index (χ1n) is 11.6. The van der Waals surface area contributed by atoms with E-state index in [1.165, 1.54) is 16.8 Å². The lowest BCUT2D eigenvalue weighted by atomic mass is 10.1. The SMILES string of the molecule is CC(=O)CC[C@H]1CN(c2cc(F)c(N3CCNN(C(=O)CCCNS(C)(=O)=O)CC3)c(F)c2)C(=O)O1. The molecule has 0 aliphatic carbocycles. The lowest BCUT2D eigenvalue weighted by Gasteiger charge is -2.25. The summed E-state index contributed by atoms with van der Waals surface area (Å²) in [5.41, 5.74) is 2.70. The lowest BCUT2D eigenvalue weighted by Crippen LogP contribution is -2.43. The first-order valence-corrected chi connectivity index (χ1v) is 13.5. The van der Waals surface area contributed by atoms with Crippen LogP contribution in [0.3, 0.4) is 0 Å². The van der Waals surface area contributed by atoms with Gasteiger partial charge >= 0.3 is 6.09 Å². The molecule has 0 unspecified atom stereocenters. The maximum atomic E-state index is 15.1. The van der Waals surface area contributed by atoms with Gasteiger partial charge < -0.3 is 14.4 Å². The molecule has 11 nitrogen and oxygen atoms in total. The van der Waals surface area contributed by atoms with Crippen molar-refractivity contribution in [2.75, 3.05) is 55.3 Å². The summed E-state index contributed by atoms with van der Waals surface area (Å²) in [7, 11) is -3.33. The highest BCUT2D eigenvalue weighted by molar-refractivity contribution is 7.88. The molecule has 0 spiro atoms. The number of hydrogen-bond donors (Lipinski definition) is 2. The van der Waals surface area contributed by atoms with Crippen molar-refractivity contribution in [2.45, 2.75) is 38.7 Å². The summed E-state index contributed by atoms with van der Waals surface area (Å²) in [5.74, 6) is -1.99. The van der Waals surface area contributed by atoms with Gasteiger partial charge in [0.1, 0.15) is 17.6 Å². The molecule has 1 aromatic rings. The standard InChI is InChI=1S/C22H31F2N5O6S/c1-15(30)5-6-17-14-28(22(32)35-17)16-12-18(23)21(19(24)13-16)27-9-8-25-29(11-10-27)20(31)4-3-7-26-36(2,33)34/h12-13,17,25-26H,3-11,14H2,1-2H3/t17-/m0/s1. The molecule has 2 fully saturated rings. The van der Waals surface area contributed by atoms with Gasteiger partial charge in [-0.25, -0.2) is 32.1 Å². The van der Waals surface area contributed by atoms with Crippen molar-refractivity contribution >= 4 is 39.2 Å². The number of sulfonamides is 1. The summed E-state index contributed by atoms with van der Waals surface area (Å²) in [6.45, 7) is 2.46. The summed E-state index contributed by atoms with van der Waals surface area (Å²) in [5, 5.41) is 1.37. The minimum atomic E-state index is -3.33. The number of amides is 2. The number of cyclic esters (lactones) is 1. The van der Waals surface area contributed by atoms with E-state index in [0.29, 0.717) is 12.8 Å². The summed E-state index contributed by atoms with van der Waals surface area (Å²) in [6.07, 6.45) is 0.775. The third-order valence-electron chi connectivity index (χ3n) is 5.83. The second kappa shape index (κ2) is 11.9. The van der Waals surface area contributed by atoms with E-state index < -0.39 is 33.9 Å². The molecule has 2 amide bonds. The van der Waals surface area contributed by atoms with E-state index in [9.17, 15) is 22.8 Å². The van der Waals surface area contributed by atoms with Gasteiger partial charge in [-0.2, -0.15) is 0 Å². The Bertz CT molecular complexity index is 1080. The van der Waals surface area contributed by atoms with Gasteiger partial charge in [0.2, 0.25) is 15.9 Å². The third kappa shape index (κ3) is 7.58. The van der Waals surface area contributed by atoms with Gasteiger partial charge in [0.15, 0.2) is 11.6 Å². The minimum absolute atomic E-state index is 0.0246. The number of ether oxygens (including phenoxy) is 1. The molecule has 3 rings (SSSR count). The molecule has 2 aliphatic heterocycles. The predicted octanol–water partition coefficient (Wildman–Crippen LogP) is 1.14. The molecular weight excluding hydrogens is 500 g/mol. The number of benzene rings is 1. The number of anilines is 2. The highest BCUT2D eigenvalue weighted by Crippen LogP contribution is 2.31. The normalized spacial score (nSPS) is 18.8. The molecule has 200 valence electrons. The molecular formula is C22H31F2N5O6S. The third-order valence-corrected chi connectivity index (χ3v) is 6.56. The fourth-order valence-corrected chi connectivity index (χ4v) is 4.57. The van der Waals surface area contributed by atoms with Crippen molar-refractivity contribution < 1.29 is 36.3 Å². The van der Waals surface area contributed by atoms with Crippen LogP contribution in [0, 0.1) is 11.6 Å². The highest BCUT2D eigenvalue weighted by atomic mass is 32.2. The number of hydrazine groups is 1. The first-order chi connectivity index (χ1) is 16.9. The maximum Gasteiger partial charge on any atom is 0.414 e. The molecule has 2 N–H and O–H groups in total. The van der Waals surface area contributed by atoms with Gasteiger partial charge in [0, 0.05) is 51.2 Å². The van der Waals surface area contributed by atoms with Gasteiger partial charge in [-0.3, -0.25) is 14.7 Å². The Hall–Kier alpha value is -2.84. The van der Waals surface area contributed by atoms with Gasteiger partial charge in [0.05, 0.1) is 25.0 Å². The fraction of sp³-hybridized carbons (Fsp3) is 0.591. The van der Waals surface area contributed by atoms with Crippen LogP contribution in [-0.4, -0.2) is 82.8 Å². The summed E-state index contributed by atoms with van der Waals surface area (Å²) >= 11 is 0. The zero-order chi connectivity index (χ0) is 26.5. The Morgan fingerprint density at radius 1 is 1.17 bits per heavy atom. The number of rotatable bonds is 10. The molecule has 1 atom stereocenters. The van der Waals surface area contributed by atoms with Crippen LogP contribution >= 0.6 is 0 Å². The topological polar surface area (TPSA) is 128 Å². The van der Waals surface area contributed by atoms with Crippen LogP contribution in [0.4, 0.5) is 25.0 Å². The minimum Gasteiger partial charge on any atom is -0.444 e. The Morgan fingerprint density at radius 2 is 1.86 bits per heavy atom. The number of nitrogens with one attached hydrogen (secondary N) is 2. The van der Waals surface area contributed by atoms with E-state index in [4.69, 9.17) is 4.74 Å². The van der Waals surface area contributed by atoms with Crippen molar-refractivity contribution in [3.05, 3.63) is 23.8 Å². The molecule has 0 aromatic heterocycles. The van der Waals surface area contributed by atoms with Crippen LogP contribution in [0.1, 0.15) is 32.6 Å². The van der Waals surface area contributed by atoms with Crippen LogP contribution < -0.4 is 19.9 Å². The largest absolute Gasteiger partial charge is 0.444 e. The second-order valence-corrected chi connectivity index (χ2v) is 10.7. The summed E-state index contributed by atoms with van der Waals surface area (Å²) in [4.78, 5) is 38.5. The van der Waals surface area contributed by atoms with Gasteiger partial charge in [-0.15, -0.1) is 0 Å². The molecule has 0 bridgehead atoms. The number of hydrogen-bond acceptors (Lipinski definition) is 8. The van der Waals surface area contributed by atoms with Gasteiger partial charge in [-0.05, 0) is 19.8 Å². The van der Waals surface area contributed by atoms with Crippen LogP contribution in [0.25, 0.3) is 0 Å². The Kier molecular flexibility index (Phi) is 9.19. The Balaban J connectivity index is 1.60. The van der Waals surface area contributed by atoms with E-state index in [0.717, 1.165) is 23.3 Å². The maximum absolute atomic E-state index is 15.1. The molecule has 0 saturated carbocycles. The van der Waals surface area contributed by atoms with Crippen LogP contribution in [0.15, 0.2) is 12.1 Å². The Morgan fingerprint density at radius 3 is 2.50 bits per heavy atom. The Labute approximate surface area is 208 Å². The monoisotopic (exact) mass is 531 g/mol. The average molecular weight is 532 g/mol. The molecule has 36 heavy (non-hydrogen) atoms. The van der Waals surface area contributed by atoms with Crippen LogP contribution in [-0.2, 0) is 24.3 Å². The summed E-state index contributed by atoms with van der Waals surface area (Å²) < 4.78 is 59.8. The van der Waals surface area contributed by atoms with Crippen molar-refractivity contribution in [3.8, 4) is 0 Å². The van der Waals surface area contributed by atoms with Gasteiger partial charge in [-0.1, -0.05) is 0 Å². The van der Waals surface area contributed by atoms with Crippen LogP contribution in [0.5, 0.6) is 0 Å². The molecule has 2 aliphatic rings. The molecule has 1 aromatic carbocycles. The van der Waals surface area contributed by atoms with Crippen molar-refractivity contribution in [2.24, 2.45) is 0 Å². The first kappa shape index (κ1) is 27.7. The van der Waals surface area contributed by atoms with Crippen LogP contribution in [0.2, 0.25) is 0 Å². The summed E-state index contributed by atoms with van der Waals surface area (Å²) in [6, 6.07) is 2.14. The number of carbonyl (C=O) groups excluding carboxylic acids is 3. The van der Waals surface area contributed by atoms with E-state index in [1.807, 2.05) is 0 Å². The van der Waals surface area contributed by atoms with E-state index in [2.05, 4.69) is 10.1 Å². The average Bonchev–Trinajstić information content (AvgIpc) is 2.98. The predicted molar refractivity (Wildman–Crippen MR) is 128 cm³/mol. The fourth-order valence-electron chi connectivity index (χ4n) is 4.06. The highest BCUT2D eigenvalue weighted by Gasteiger charge is 2.34. The zero-order valence-electron chi connectivity index (χ0n) is 20.3. The zero-order valence-corrected chi connectivity index (χ0v) is 21.1. The number of Topliss-reactive ketones (excluding diaryl/α,β-unsaturated/α-hetero) is 1. The van der Waals surface area contributed by atoms with Crippen molar-refractivity contribution in [3.63, 3.8) is 0 Å². The number of ketones is 1. The van der Waals surface area contributed by atoms with Gasteiger partial charge in [0.25, 0.3) is 0 Å². The van der Waals surface area contributed by atoms with Crippen molar-refractivity contribution in [1.29, 1.82) is 0 Å². The number of halogens is 2. The smallest absolute Gasteiger partial charge is 0.414 e. The molecule has 2 heterocycles. The number of carbonyl (C=O) groups is 3. The quantitative estimate of drug-likeness (QED) is 0.431. The van der Waals surface area contributed by atoms with Crippen molar-refractivity contribution in [1.82, 2.24) is 15.2 Å². The lowest BCUT2D eigenvalue weighted by molar-refractivity contribution is -0.134.